The standard InChI is InChI=1S/C19H17NOS/c1-14(12-20-19(21)15-7-3-2-4-8-15)11-16-13-22-18-10-6-5-9-17(16)18/h2-11,13H,12H2,1H3,(H,20,21)/b14-11+. The summed E-state index contributed by atoms with van der Waals surface area (Å²) < 4.78 is 1.29. The van der Waals surface area contributed by atoms with Gasteiger partial charge in [0.15, 0.2) is 0 Å². The third-order valence-electron chi connectivity index (χ3n) is 3.48. The molecule has 1 heterocycles. The first-order valence-electron chi connectivity index (χ1n) is 7.21. The minimum absolute atomic E-state index is 0.0384. The van der Waals surface area contributed by atoms with E-state index >= 15 is 0 Å². The fourth-order valence-corrected chi connectivity index (χ4v) is 3.26. The van der Waals surface area contributed by atoms with Crippen molar-refractivity contribution < 1.29 is 4.79 Å². The quantitative estimate of drug-likeness (QED) is 0.741. The van der Waals surface area contributed by atoms with Gasteiger partial charge >= 0.3 is 0 Å². The first-order valence-corrected chi connectivity index (χ1v) is 8.08. The third kappa shape index (κ3) is 3.26. The molecule has 0 spiro atoms. The van der Waals surface area contributed by atoms with Gasteiger partial charge in [0.1, 0.15) is 0 Å². The molecule has 22 heavy (non-hydrogen) atoms. The van der Waals surface area contributed by atoms with Crippen LogP contribution in [-0.4, -0.2) is 12.5 Å². The molecular formula is C19H17NOS. The van der Waals surface area contributed by atoms with Gasteiger partial charge in [-0.15, -0.1) is 11.3 Å². The maximum Gasteiger partial charge on any atom is 0.251 e. The summed E-state index contributed by atoms with van der Waals surface area (Å²) in [6.07, 6.45) is 2.14. The van der Waals surface area contributed by atoms with Gasteiger partial charge in [-0.3, -0.25) is 4.79 Å². The zero-order chi connectivity index (χ0) is 15.4. The molecule has 0 fully saturated rings. The van der Waals surface area contributed by atoms with Gasteiger partial charge in [0.05, 0.1) is 0 Å². The van der Waals surface area contributed by atoms with Crippen LogP contribution in [0.2, 0.25) is 0 Å². The Bertz CT molecular complexity index is 818. The monoisotopic (exact) mass is 307 g/mol. The fraction of sp³-hybridized carbons (Fsp3) is 0.105. The Morgan fingerprint density at radius 1 is 1.09 bits per heavy atom. The van der Waals surface area contributed by atoms with Gasteiger partial charge in [0.25, 0.3) is 5.91 Å². The highest BCUT2D eigenvalue weighted by atomic mass is 32.1. The average molecular weight is 307 g/mol. The normalized spacial score (nSPS) is 11.6. The molecular weight excluding hydrogens is 290 g/mol. The second kappa shape index (κ2) is 6.58. The van der Waals surface area contributed by atoms with E-state index in [0.717, 1.165) is 5.57 Å². The number of amides is 1. The Balaban J connectivity index is 1.69. The number of fused-ring (bicyclic) bond motifs is 1. The summed E-state index contributed by atoms with van der Waals surface area (Å²) >= 11 is 1.75. The van der Waals surface area contributed by atoms with Crippen molar-refractivity contribution in [3.8, 4) is 0 Å². The van der Waals surface area contributed by atoms with Crippen LogP contribution >= 0.6 is 11.3 Å². The second-order valence-electron chi connectivity index (χ2n) is 5.23. The summed E-state index contributed by atoms with van der Waals surface area (Å²) in [5.74, 6) is -0.0384. The van der Waals surface area contributed by atoms with Gasteiger partial charge in [-0.1, -0.05) is 48.0 Å². The molecule has 0 saturated carbocycles. The van der Waals surface area contributed by atoms with Crippen molar-refractivity contribution in [2.75, 3.05) is 6.54 Å². The SMILES string of the molecule is C/C(=C\c1csc2ccccc12)CNC(=O)c1ccccc1. The van der Waals surface area contributed by atoms with Crippen molar-refractivity contribution in [3.63, 3.8) is 0 Å². The van der Waals surface area contributed by atoms with Crippen LogP contribution < -0.4 is 5.32 Å². The van der Waals surface area contributed by atoms with Gasteiger partial charge in [-0.25, -0.2) is 0 Å². The van der Waals surface area contributed by atoms with E-state index in [-0.39, 0.29) is 5.91 Å². The summed E-state index contributed by atoms with van der Waals surface area (Å²) in [6, 6.07) is 17.7. The Kier molecular flexibility index (Phi) is 4.35. The van der Waals surface area contributed by atoms with E-state index in [4.69, 9.17) is 0 Å². The Hall–Kier alpha value is -2.39. The van der Waals surface area contributed by atoms with Crippen LogP contribution in [0.15, 0.2) is 65.6 Å². The number of hydrogen-bond donors (Lipinski definition) is 1. The molecule has 0 aliphatic carbocycles. The molecule has 0 aliphatic rings. The number of thiophene rings is 1. The van der Waals surface area contributed by atoms with E-state index in [1.54, 1.807) is 11.3 Å². The Morgan fingerprint density at radius 2 is 1.82 bits per heavy atom. The molecule has 1 N–H and O–H groups in total. The van der Waals surface area contributed by atoms with Gasteiger partial charge in [-0.05, 0) is 41.5 Å². The second-order valence-corrected chi connectivity index (χ2v) is 6.14. The minimum Gasteiger partial charge on any atom is -0.348 e. The molecule has 1 aromatic heterocycles. The van der Waals surface area contributed by atoms with Crippen molar-refractivity contribution in [1.82, 2.24) is 5.32 Å². The number of carbonyl (C=O) groups excluding carboxylic acids is 1. The first-order chi connectivity index (χ1) is 10.7. The molecule has 3 aromatic rings. The van der Waals surface area contributed by atoms with Gasteiger partial charge < -0.3 is 5.32 Å². The molecule has 1 amide bonds. The predicted octanol–water partition coefficient (Wildman–Crippen LogP) is 4.73. The molecule has 3 heteroatoms. The lowest BCUT2D eigenvalue weighted by Crippen LogP contribution is -2.24. The zero-order valence-electron chi connectivity index (χ0n) is 12.4. The number of hydrogen-bond acceptors (Lipinski definition) is 2. The largest absolute Gasteiger partial charge is 0.348 e. The lowest BCUT2D eigenvalue weighted by atomic mass is 10.1. The van der Waals surface area contributed by atoms with E-state index in [0.29, 0.717) is 12.1 Å². The zero-order valence-corrected chi connectivity index (χ0v) is 13.2. The minimum atomic E-state index is -0.0384. The molecule has 0 bridgehead atoms. The van der Waals surface area contributed by atoms with Crippen molar-refractivity contribution >= 4 is 33.4 Å². The maximum atomic E-state index is 12.0. The summed E-state index contributed by atoms with van der Waals surface area (Å²) in [5, 5.41) is 6.38. The van der Waals surface area contributed by atoms with Crippen LogP contribution in [0, 0.1) is 0 Å². The number of benzene rings is 2. The van der Waals surface area contributed by atoms with Crippen LogP contribution in [0.1, 0.15) is 22.8 Å². The van der Waals surface area contributed by atoms with Crippen LogP contribution in [0.5, 0.6) is 0 Å². The maximum absolute atomic E-state index is 12.0. The molecule has 110 valence electrons. The van der Waals surface area contributed by atoms with Crippen molar-refractivity contribution in [2.45, 2.75) is 6.92 Å². The smallest absolute Gasteiger partial charge is 0.251 e. The number of carbonyl (C=O) groups is 1. The molecule has 0 aliphatic heterocycles. The topological polar surface area (TPSA) is 29.1 Å². The highest BCUT2D eigenvalue weighted by Gasteiger charge is 2.05. The molecule has 2 nitrogen and oxygen atoms in total. The Morgan fingerprint density at radius 3 is 2.64 bits per heavy atom. The van der Waals surface area contributed by atoms with E-state index in [9.17, 15) is 4.79 Å². The van der Waals surface area contributed by atoms with Crippen molar-refractivity contribution in [3.05, 3.63) is 76.7 Å². The summed E-state index contributed by atoms with van der Waals surface area (Å²) in [5.41, 5.74) is 3.04. The average Bonchev–Trinajstić information content (AvgIpc) is 2.97. The third-order valence-corrected chi connectivity index (χ3v) is 4.46. The van der Waals surface area contributed by atoms with Crippen LogP contribution in [0.3, 0.4) is 0 Å². The fourth-order valence-electron chi connectivity index (χ4n) is 2.34. The van der Waals surface area contributed by atoms with E-state index in [1.807, 2.05) is 37.3 Å². The van der Waals surface area contributed by atoms with Crippen LogP contribution in [0.4, 0.5) is 0 Å². The summed E-state index contributed by atoms with van der Waals surface area (Å²) in [6.45, 7) is 2.59. The van der Waals surface area contributed by atoms with Crippen molar-refractivity contribution in [2.24, 2.45) is 0 Å². The predicted molar refractivity (Wildman–Crippen MR) is 94.3 cm³/mol. The van der Waals surface area contributed by atoms with Crippen LogP contribution in [-0.2, 0) is 0 Å². The molecule has 0 saturated heterocycles. The summed E-state index contributed by atoms with van der Waals surface area (Å²) in [7, 11) is 0. The molecule has 0 unspecified atom stereocenters. The van der Waals surface area contributed by atoms with Crippen LogP contribution in [0.25, 0.3) is 16.2 Å². The lowest BCUT2D eigenvalue weighted by Gasteiger charge is -2.05. The molecule has 2 aromatic carbocycles. The Labute approximate surface area is 134 Å². The molecule has 3 rings (SSSR count). The van der Waals surface area contributed by atoms with Gasteiger partial charge in [-0.2, -0.15) is 0 Å². The van der Waals surface area contributed by atoms with Gasteiger partial charge in [0.2, 0.25) is 0 Å². The first kappa shape index (κ1) is 14.5. The summed E-state index contributed by atoms with van der Waals surface area (Å²) in [4.78, 5) is 12.0. The van der Waals surface area contributed by atoms with E-state index in [2.05, 4.69) is 41.0 Å². The number of nitrogens with one attached hydrogen (secondary N) is 1. The number of rotatable bonds is 4. The van der Waals surface area contributed by atoms with E-state index in [1.165, 1.54) is 15.6 Å². The molecule has 0 radical (unpaired) electrons. The van der Waals surface area contributed by atoms with Gasteiger partial charge in [0, 0.05) is 16.8 Å². The van der Waals surface area contributed by atoms with Crippen molar-refractivity contribution in [1.29, 1.82) is 0 Å². The highest BCUT2D eigenvalue weighted by molar-refractivity contribution is 7.17. The lowest BCUT2D eigenvalue weighted by molar-refractivity contribution is 0.0957. The molecule has 0 atom stereocenters. The van der Waals surface area contributed by atoms with E-state index < -0.39 is 0 Å². The highest BCUT2D eigenvalue weighted by Crippen LogP contribution is 2.27.